The molecule has 0 atom stereocenters. The zero-order chi connectivity index (χ0) is 25.5. The summed E-state index contributed by atoms with van der Waals surface area (Å²) in [6, 6.07) is 13.0. The van der Waals surface area contributed by atoms with Crippen molar-refractivity contribution in [3.05, 3.63) is 69.8 Å². The van der Waals surface area contributed by atoms with Crippen molar-refractivity contribution in [2.24, 2.45) is 0 Å². The van der Waals surface area contributed by atoms with Crippen LogP contribution in [0.1, 0.15) is 61.4 Å². The number of nitrogens with one attached hydrogen (secondary N) is 1. The maximum atomic E-state index is 11.6. The highest BCUT2D eigenvalue weighted by molar-refractivity contribution is 5.96. The molecule has 182 valence electrons. The molecule has 0 aromatic heterocycles. The molecular weight excluding hydrogens is 444 g/mol. The molecule has 0 saturated heterocycles. The number of unbranched alkanes of at least 4 members (excludes halogenated alkanes) is 1. The lowest BCUT2D eigenvalue weighted by molar-refractivity contribution is -0.384. The van der Waals surface area contributed by atoms with Gasteiger partial charge in [-0.3, -0.25) is 29.3 Å². The van der Waals surface area contributed by atoms with Gasteiger partial charge in [-0.15, -0.1) is 0 Å². The lowest BCUT2D eigenvalue weighted by Gasteiger charge is -2.05. The third kappa shape index (κ3) is 12.1. The Morgan fingerprint density at radius 3 is 2.15 bits per heavy atom. The number of benzene rings is 2. The Labute approximate surface area is 196 Å². The van der Waals surface area contributed by atoms with E-state index in [1.54, 1.807) is 0 Å². The molecule has 1 amide bonds. The summed E-state index contributed by atoms with van der Waals surface area (Å²) in [6.07, 6.45) is 2.80. The molecule has 3 N–H and O–H groups in total. The summed E-state index contributed by atoms with van der Waals surface area (Å²) in [7, 11) is 0. The van der Waals surface area contributed by atoms with Crippen LogP contribution in [0.2, 0.25) is 0 Å². The van der Waals surface area contributed by atoms with Gasteiger partial charge in [0.05, 0.1) is 4.92 Å². The van der Waals surface area contributed by atoms with Crippen LogP contribution in [0.3, 0.4) is 0 Å². The van der Waals surface area contributed by atoms with E-state index in [-0.39, 0.29) is 48.6 Å². The second kappa shape index (κ2) is 14.9. The fourth-order valence-corrected chi connectivity index (χ4v) is 2.95. The van der Waals surface area contributed by atoms with E-state index in [1.165, 1.54) is 31.2 Å². The molecule has 0 aliphatic heterocycles. The molecule has 34 heavy (non-hydrogen) atoms. The van der Waals surface area contributed by atoms with Crippen LogP contribution < -0.4 is 5.32 Å². The van der Waals surface area contributed by atoms with Crippen molar-refractivity contribution >= 4 is 35.0 Å². The number of hydrogen-bond acceptors (Lipinski definition) is 6. The molecule has 0 spiro atoms. The summed E-state index contributed by atoms with van der Waals surface area (Å²) in [5.41, 5.74) is 1.99. The number of anilines is 1. The van der Waals surface area contributed by atoms with E-state index in [9.17, 15) is 29.3 Å². The number of Topliss-reactive ketones (excluding diaryl/α,β-unsaturated/α-hetero) is 1. The molecule has 2 aromatic rings. The molecule has 0 bridgehead atoms. The first-order valence-corrected chi connectivity index (χ1v) is 10.7. The summed E-state index contributed by atoms with van der Waals surface area (Å²) in [4.78, 5) is 53.0. The number of hydrogen-bond donors (Lipinski definition) is 3. The number of ketones is 1. The Bertz CT molecular complexity index is 1020. The van der Waals surface area contributed by atoms with Crippen molar-refractivity contribution in [1.29, 1.82) is 0 Å². The number of nitrogens with zero attached hydrogens (tertiary/aromatic N) is 1. The largest absolute Gasteiger partial charge is 0.481 e. The molecule has 0 unspecified atom stereocenters. The molecule has 0 heterocycles. The Morgan fingerprint density at radius 1 is 0.882 bits per heavy atom. The zero-order valence-electron chi connectivity index (χ0n) is 18.9. The molecule has 2 aromatic carbocycles. The van der Waals surface area contributed by atoms with E-state index in [1.807, 2.05) is 24.3 Å². The van der Waals surface area contributed by atoms with Crippen molar-refractivity contribution in [3.63, 3.8) is 0 Å². The van der Waals surface area contributed by atoms with Gasteiger partial charge in [-0.25, -0.2) is 0 Å². The molecule has 0 aliphatic rings. The van der Waals surface area contributed by atoms with E-state index in [2.05, 4.69) is 5.32 Å². The van der Waals surface area contributed by atoms with E-state index in [0.29, 0.717) is 6.42 Å². The minimum atomic E-state index is -0.961. The number of non-ortho nitro benzene ring substituents is 1. The number of rotatable bonds is 12. The summed E-state index contributed by atoms with van der Waals surface area (Å²) in [5, 5.41) is 30.1. The predicted octanol–water partition coefficient (Wildman–Crippen LogP) is 4.47. The van der Waals surface area contributed by atoms with E-state index in [0.717, 1.165) is 24.1 Å². The van der Waals surface area contributed by atoms with Crippen molar-refractivity contribution in [1.82, 2.24) is 0 Å². The van der Waals surface area contributed by atoms with Gasteiger partial charge in [-0.05, 0) is 43.4 Å². The first kappa shape index (κ1) is 28.0. The van der Waals surface area contributed by atoms with Crippen LogP contribution in [0.4, 0.5) is 11.4 Å². The monoisotopic (exact) mass is 472 g/mol. The quantitative estimate of drug-likeness (QED) is 0.176. The van der Waals surface area contributed by atoms with Crippen LogP contribution in [0.5, 0.6) is 0 Å². The van der Waals surface area contributed by atoms with Gasteiger partial charge in [0.15, 0.2) is 5.78 Å². The van der Waals surface area contributed by atoms with Crippen LogP contribution in [0.25, 0.3) is 0 Å². The summed E-state index contributed by atoms with van der Waals surface area (Å²) >= 11 is 0. The average Bonchev–Trinajstić information content (AvgIpc) is 2.76. The van der Waals surface area contributed by atoms with Gasteiger partial charge in [-0.2, -0.15) is 0 Å². The number of carboxylic acid groups (broad SMARTS) is 2. The zero-order valence-corrected chi connectivity index (χ0v) is 18.9. The number of nitro groups is 1. The third-order valence-corrected chi connectivity index (χ3v) is 4.53. The number of amides is 1. The average molecular weight is 472 g/mol. The number of aliphatic carboxylic acids is 2. The summed E-state index contributed by atoms with van der Waals surface area (Å²) in [5.74, 6) is -2.09. The van der Waals surface area contributed by atoms with Gasteiger partial charge < -0.3 is 15.5 Å². The van der Waals surface area contributed by atoms with E-state index < -0.39 is 16.9 Å². The normalized spacial score (nSPS) is 9.91. The topological polar surface area (TPSA) is 164 Å². The Kier molecular flexibility index (Phi) is 12.2. The van der Waals surface area contributed by atoms with Crippen LogP contribution in [-0.2, 0) is 20.8 Å². The highest BCUT2D eigenvalue weighted by Gasteiger charge is 2.11. The van der Waals surface area contributed by atoms with Crippen molar-refractivity contribution < 1.29 is 34.3 Å². The van der Waals surface area contributed by atoms with Gasteiger partial charge in [0, 0.05) is 49.6 Å². The van der Waals surface area contributed by atoms with Crippen LogP contribution >= 0.6 is 0 Å². The molecular formula is C24H28N2O8. The standard InChI is InChI=1S/C13H17NO3.C11H11NO5/c1-10(15)14-12-7-4-6-11(9-12)5-2-3-8-13(16)17;13-10(5-2-6-11(14)15)8-3-1-4-9(7-8)12(16)17/h4,6-7,9H,2-3,5,8H2,1H3,(H,14,15)(H,16,17);1,3-4,7H,2,5-6H2,(H,14,15). The molecule has 0 radical (unpaired) electrons. The number of carbonyl (C=O) groups excluding carboxylic acids is 2. The molecule has 0 aliphatic carbocycles. The fraction of sp³-hybridized carbons (Fsp3) is 0.333. The molecule has 0 saturated carbocycles. The van der Waals surface area contributed by atoms with Crippen LogP contribution in [-0.4, -0.2) is 38.8 Å². The van der Waals surface area contributed by atoms with Gasteiger partial charge >= 0.3 is 11.9 Å². The van der Waals surface area contributed by atoms with Gasteiger partial charge in [0.25, 0.3) is 5.69 Å². The summed E-state index contributed by atoms with van der Waals surface area (Å²) < 4.78 is 0. The second-order valence-corrected chi connectivity index (χ2v) is 7.46. The number of carboxylic acids is 2. The third-order valence-electron chi connectivity index (χ3n) is 4.53. The lowest BCUT2D eigenvalue weighted by Crippen LogP contribution is -2.05. The maximum Gasteiger partial charge on any atom is 0.303 e. The van der Waals surface area contributed by atoms with Gasteiger partial charge in [0.2, 0.25) is 5.91 Å². The smallest absolute Gasteiger partial charge is 0.303 e. The number of aryl methyl sites for hydroxylation is 1. The van der Waals surface area contributed by atoms with Crippen LogP contribution in [0.15, 0.2) is 48.5 Å². The second-order valence-electron chi connectivity index (χ2n) is 7.46. The number of carbonyl (C=O) groups is 4. The SMILES string of the molecule is CC(=O)Nc1cccc(CCCCC(=O)O)c1.O=C(O)CCCC(=O)c1cccc([N+](=O)[O-])c1. The molecule has 10 heteroatoms. The molecule has 10 nitrogen and oxygen atoms in total. The van der Waals surface area contributed by atoms with Gasteiger partial charge in [0.1, 0.15) is 0 Å². The predicted molar refractivity (Wildman–Crippen MR) is 125 cm³/mol. The van der Waals surface area contributed by atoms with Crippen molar-refractivity contribution in [2.45, 2.75) is 51.9 Å². The Balaban J connectivity index is 0.000000340. The Hall–Kier alpha value is -4.08. The van der Waals surface area contributed by atoms with Crippen molar-refractivity contribution in [2.75, 3.05) is 5.32 Å². The highest BCUT2D eigenvalue weighted by atomic mass is 16.6. The van der Waals surface area contributed by atoms with Crippen LogP contribution in [0, 0.1) is 10.1 Å². The van der Waals surface area contributed by atoms with E-state index >= 15 is 0 Å². The van der Waals surface area contributed by atoms with Gasteiger partial charge in [-0.1, -0.05) is 24.3 Å². The fourth-order valence-electron chi connectivity index (χ4n) is 2.95. The lowest BCUT2D eigenvalue weighted by atomic mass is 10.1. The molecule has 0 fully saturated rings. The highest BCUT2D eigenvalue weighted by Crippen LogP contribution is 2.16. The minimum Gasteiger partial charge on any atom is -0.481 e. The first-order chi connectivity index (χ1) is 16.1. The summed E-state index contributed by atoms with van der Waals surface area (Å²) in [6.45, 7) is 1.47. The molecule has 2 rings (SSSR count). The maximum absolute atomic E-state index is 11.6. The van der Waals surface area contributed by atoms with Crippen molar-refractivity contribution in [3.8, 4) is 0 Å². The van der Waals surface area contributed by atoms with E-state index in [4.69, 9.17) is 10.2 Å². The Morgan fingerprint density at radius 2 is 1.53 bits per heavy atom. The minimum absolute atomic E-state index is 0.0769. The first-order valence-electron chi connectivity index (χ1n) is 10.7. The number of nitro benzene ring substituents is 1.